The molecule has 1 atom stereocenters. The molecule has 0 saturated heterocycles. The van der Waals surface area contributed by atoms with Crippen LogP contribution in [0.4, 0.5) is 0 Å². The summed E-state index contributed by atoms with van der Waals surface area (Å²) in [6.45, 7) is 0.157. The first-order valence-corrected chi connectivity index (χ1v) is 6.21. The molecule has 1 unspecified atom stereocenters. The number of rotatable bonds is 5. The maximum absolute atomic E-state index is 11.6. The number of carbonyl (C=O) groups is 2. The second-order valence-electron chi connectivity index (χ2n) is 3.64. The number of nitrogens with one attached hydrogen (secondary N) is 1. The number of methoxy groups -OCH3 is 1. The van der Waals surface area contributed by atoms with Crippen molar-refractivity contribution in [2.75, 3.05) is 13.7 Å². The van der Waals surface area contributed by atoms with Crippen LogP contribution >= 0.6 is 15.9 Å². The lowest BCUT2D eigenvalue weighted by molar-refractivity contribution is -0.139. The highest BCUT2D eigenvalue weighted by atomic mass is 79.9. The largest absolute Gasteiger partial charge is 0.508 e. The number of ether oxygens (including phenoxy) is 1. The topological polar surface area (TPSA) is 75.6 Å². The van der Waals surface area contributed by atoms with Crippen LogP contribution in [0, 0.1) is 0 Å². The lowest BCUT2D eigenvalue weighted by atomic mass is 10.1. The molecule has 1 amide bonds. The summed E-state index contributed by atoms with van der Waals surface area (Å²) < 4.78 is 4.51. The molecule has 1 rings (SSSR count). The molecule has 6 heteroatoms. The van der Waals surface area contributed by atoms with Gasteiger partial charge < -0.3 is 15.2 Å². The minimum Gasteiger partial charge on any atom is -0.508 e. The Hall–Kier alpha value is -1.56. The van der Waals surface area contributed by atoms with Crippen LogP contribution in [-0.2, 0) is 20.7 Å². The summed E-state index contributed by atoms with van der Waals surface area (Å²) in [7, 11) is 1.28. The Bertz CT molecular complexity index is 436. The zero-order valence-corrected chi connectivity index (χ0v) is 11.4. The number of carbonyl (C=O) groups excluding carboxylic acids is 2. The molecule has 0 fully saturated rings. The second kappa shape index (κ2) is 7.00. The smallest absolute Gasteiger partial charge is 0.321 e. The summed E-state index contributed by atoms with van der Waals surface area (Å²) in [6, 6.07) is 6.46. The summed E-state index contributed by atoms with van der Waals surface area (Å²) in [4.78, 5) is 22.1. The average molecular weight is 316 g/mol. The van der Waals surface area contributed by atoms with Crippen LogP contribution in [-0.4, -0.2) is 35.5 Å². The van der Waals surface area contributed by atoms with Crippen LogP contribution in [0.5, 0.6) is 5.75 Å². The third-order valence-electron chi connectivity index (χ3n) is 2.21. The van der Waals surface area contributed by atoms with E-state index < -0.39 is 10.8 Å². The van der Waals surface area contributed by atoms with Gasteiger partial charge in [-0.1, -0.05) is 28.1 Å². The number of benzene rings is 1. The fourth-order valence-corrected chi connectivity index (χ4v) is 1.68. The van der Waals surface area contributed by atoms with Crippen LogP contribution in [0.3, 0.4) is 0 Å². The van der Waals surface area contributed by atoms with E-state index in [0.29, 0.717) is 5.56 Å². The SMILES string of the molecule is COC(=O)C(Br)CNC(=O)Cc1cccc(O)c1. The van der Waals surface area contributed by atoms with Gasteiger partial charge >= 0.3 is 5.97 Å². The molecule has 0 aliphatic heterocycles. The Morgan fingerprint density at radius 2 is 2.22 bits per heavy atom. The van der Waals surface area contributed by atoms with Gasteiger partial charge in [0.15, 0.2) is 0 Å². The molecule has 0 aromatic heterocycles. The van der Waals surface area contributed by atoms with Gasteiger partial charge in [0.25, 0.3) is 0 Å². The fourth-order valence-electron chi connectivity index (χ4n) is 1.33. The van der Waals surface area contributed by atoms with E-state index in [-0.39, 0.29) is 24.6 Å². The lowest BCUT2D eigenvalue weighted by Gasteiger charge is -2.09. The first kappa shape index (κ1) is 14.5. The predicted molar refractivity (Wildman–Crippen MR) is 69.6 cm³/mol. The third kappa shape index (κ3) is 4.75. The summed E-state index contributed by atoms with van der Waals surface area (Å²) in [5.74, 6) is -0.546. The molecule has 1 aromatic carbocycles. The van der Waals surface area contributed by atoms with Crippen LogP contribution in [0.2, 0.25) is 0 Å². The van der Waals surface area contributed by atoms with E-state index in [0.717, 1.165) is 0 Å². The van der Waals surface area contributed by atoms with E-state index in [1.807, 2.05) is 0 Å². The first-order chi connectivity index (χ1) is 8.52. The normalized spacial score (nSPS) is 11.7. The fraction of sp³-hybridized carbons (Fsp3) is 0.333. The van der Waals surface area contributed by atoms with Crippen LogP contribution < -0.4 is 5.32 Å². The van der Waals surface area contributed by atoms with Crippen molar-refractivity contribution in [3.8, 4) is 5.75 Å². The average Bonchev–Trinajstić information content (AvgIpc) is 2.35. The molecule has 2 N–H and O–H groups in total. The highest BCUT2D eigenvalue weighted by Crippen LogP contribution is 2.11. The van der Waals surface area contributed by atoms with E-state index in [4.69, 9.17) is 0 Å². The van der Waals surface area contributed by atoms with Crippen molar-refractivity contribution in [3.63, 3.8) is 0 Å². The third-order valence-corrected chi connectivity index (χ3v) is 2.91. The van der Waals surface area contributed by atoms with Gasteiger partial charge in [-0.05, 0) is 17.7 Å². The van der Waals surface area contributed by atoms with Gasteiger partial charge in [0.2, 0.25) is 5.91 Å². The molecule has 98 valence electrons. The summed E-state index contributed by atoms with van der Waals surface area (Å²) in [6.07, 6.45) is 0.148. The van der Waals surface area contributed by atoms with Gasteiger partial charge in [-0.3, -0.25) is 9.59 Å². The highest BCUT2D eigenvalue weighted by molar-refractivity contribution is 9.10. The van der Waals surface area contributed by atoms with Crippen LogP contribution in [0.1, 0.15) is 5.56 Å². The van der Waals surface area contributed by atoms with Gasteiger partial charge in [-0.15, -0.1) is 0 Å². The Kier molecular flexibility index (Phi) is 5.64. The van der Waals surface area contributed by atoms with Crippen molar-refractivity contribution in [1.29, 1.82) is 0 Å². The van der Waals surface area contributed by atoms with Crippen LogP contribution in [0.15, 0.2) is 24.3 Å². The Labute approximate surface area is 113 Å². The summed E-state index contributed by atoms with van der Waals surface area (Å²) >= 11 is 3.10. The molecule has 0 spiro atoms. The molecule has 0 aliphatic carbocycles. The van der Waals surface area contributed by atoms with Crippen molar-refractivity contribution >= 4 is 27.8 Å². The Balaban J connectivity index is 2.41. The lowest BCUT2D eigenvalue weighted by Crippen LogP contribution is -2.34. The second-order valence-corrected chi connectivity index (χ2v) is 4.75. The number of alkyl halides is 1. The molecule has 0 aliphatic rings. The number of phenols is 1. The van der Waals surface area contributed by atoms with Gasteiger partial charge in [-0.2, -0.15) is 0 Å². The van der Waals surface area contributed by atoms with Crippen molar-refractivity contribution in [1.82, 2.24) is 5.32 Å². The van der Waals surface area contributed by atoms with Gasteiger partial charge in [-0.25, -0.2) is 0 Å². The molecule has 1 aromatic rings. The van der Waals surface area contributed by atoms with Gasteiger partial charge in [0.1, 0.15) is 10.6 Å². The molecule has 0 heterocycles. The number of hydrogen-bond donors (Lipinski definition) is 2. The van der Waals surface area contributed by atoms with Crippen molar-refractivity contribution in [2.45, 2.75) is 11.2 Å². The maximum atomic E-state index is 11.6. The molecule has 0 radical (unpaired) electrons. The van der Waals surface area contributed by atoms with E-state index in [2.05, 4.69) is 26.0 Å². The van der Waals surface area contributed by atoms with Crippen molar-refractivity contribution < 1.29 is 19.4 Å². The molecule has 18 heavy (non-hydrogen) atoms. The highest BCUT2D eigenvalue weighted by Gasteiger charge is 2.16. The number of halogens is 1. The molecule has 5 nitrogen and oxygen atoms in total. The molecule has 0 bridgehead atoms. The minimum absolute atomic E-state index is 0.119. The zero-order valence-electron chi connectivity index (χ0n) is 9.85. The minimum atomic E-state index is -0.560. The maximum Gasteiger partial charge on any atom is 0.321 e. The van der Waals surface area contributed by atoms with Gasteiger partial charge in [0.05, 0.1) is 13.5 Å². The van der Waals surface area contributed by atoms with E-state index in [1.54, 1.807) is 12.1 Å². The quantitative estimate of drug-likeness (QED) is 0.627. The number of esters is 1. The number of aromatic hydroxyl groups is 1. The summed E-state index contributed by atoms with van der Waals surface area (Å²) in [5.41, 5.74) is 0.705. The van der Waals surface area contributed by atoms with Gasteiger partial charge in [0, 0.05) is 6.54 Å². The summed E-state index contributed by atoms with van der Waals surface area (Å²) in [5, 5.41) is 11.8. The molecular formula is C12H14BrNO4. The number of phenolic OH excluding ortho intramolecular Hbond substituents is 1. The van der Waals surface area contributed by atoms with E-state index in [1.165, 1.54) is 19.2 Å². The standard InChI is InChI=1S/C12H14BrNO4/c1-18-12(17)10(13)7-14-11(16)6-8-3-2-4-9(15)5-8/h2-5,10,15H,6-7H2,1H3,(H,14,16). The number of amides is 1. The predicted octanol–water partition coefficient (Wildman–Crippen LogP) is 0.987. The van der Waals surface area contributed by atoms with E-state index in [9.17, 15) is 14.7 Å². The number of hydrogen-bond acceptors (Lipinski definition) is 4. The van der Waals surface area contributed by atoms with Crippen LogP contribution in [0.25, 0.3) is 0 Å². The van der Waals surface area contributed by atoms with Crippen molar-refractivity contribution in [3.05, 3.63) is 29.8 Å². The Morgan fingerprint density at radius 3 is 2.83 bits per heavy atom. The molecular weight excluding hydrogens is 302 g/mol. The zero-order chi connectivity index (χ0) is 13.5. The molecule has 0 saturated carbocycles. The first-order valence-electron chi connectivity index (χ1n) is 5.29. The monoisotopic (exact) mass is 315 g/mol. The van der Waals surface area contributed by atoms with E-state index >= 15 is 0 Å². The Morgan fingerprint density at radius 1 is 1.50 bits per heavy atom. The van der Waals surface area contributed by atoms with Crippen molar-refractivity contribution in [2.24, 2.45) is 0 Å².